The molecule has 0 saturated carbocycles. The second kappa shape index (κ2) is 8.15. The van der Waals surface area contributed by atoms with Gasteiger partial charge in [-0.1, -0.05) is 26.2 Å². The minimum absolute atomic E-state index is 0.521. The Morgan fingerprint density at radius 3 is 2.43 bits per heavy atom. The third-order valence-electron chi connectivity index (χ3n) is 3.20. The Morgan fingerprint density at radius 2 is 1.76 bits per heavy atom. The van der Waals surface area contributed by atoms with Gasteiger partial charge in [-0.25, -0.2) is 4.98 Å². The molecule has 0 aliphatic heterocycles. The number of hydrogen-bond acceptors (Lipinski definition) is 4. The quantitative estimate of drug-likeness (QED) is 0.707. The van der Waals surface area contributed by atoms with Crippen LogP contribution in [0, 0.1) is 0 Å². The fourth-order valence-electron chi connectivity index (χ4n) is 2.00. The van der Waals surface area contributed by atoms with Gasteiger partial charge >= 0.3 is 0 Å². The van der Waals surface area contributed by atoms with Crippen LogP contribution in [0.5, 0.6) is 5.75 Å². The van der Waals surface area contributed by atoms with E-state index >= 15 is 0 Å². The summed E-state index contributed by atoms with van der Waals surface area (Å²) in [5.41, 5.74) is 7.48. The fourth-order valence-corrected chi connectivity index (χ4v) is 2.00. The highest BCUT2D eigenvalue weighted by molar-refractivity contribution is 5.60. The van der Waals surface area contributed by atoms with E-state index in [0.29, 0.717) is 5.82 Å². The monoisotopic (exact) mass is 285 g/mol. The first-order chi connectivity index (χ1) is 10.3. The average Bonchev–Trinajstić information content (AvgIpc) is 2.51. The largest absolute Gasteiger partial charge is 0.494 e. The van der Waals surface area contributed by atoms with E-state index in [9.17, 15) is 0 Å². The van der Waals surface area contributed by atoms with Gasteiger partial charge in [-0.05, 0) is 42.8 Å². The lowest BCUT2D eigenvalue weighted by molar-refractivity contribution is 0.305. The van der Waals surface area contributed by atoms with Gasteiger partial charge in [-0.15, -0.1) is 0 Å². The highest BCUT2D eigenvalue weighted by Gasteiger charge is 1.97. The highest BCUT2D eigenvalue weighted by atomic mass is 16.5. The van der Waals surface area contributed by atoms with Gasteiger partial charge in [-0.2, -0.15) is 0 Å². The van der Waals surface area contributed by atoms with Crippen LogP contribution in [0.3, 0.4) is 0 Å². The van der Waals surface area contributed by atoms with E-state index in [1.54, 1.807) is 12.3 Å². The lowest BCUT2D eigenvalue weighted by Gasteiger charge is -2.09. The molecule has 1 heterocycles. The summed E-state index contributed by atoms with van der Waals surface area (Å²) in [4.78, 5) is 4.05. The molecule has 21 heavy (non-hydrogen) atoms. The number of rotatable bonds is 8. The number of anilines is 3. The molecule has 4 nitrogen and oxygen atoms in total. The van der Waals surface area contributed by atoms with Crippen LogP contribution < -0.4 is 15.8 Å². The Balaban J connectivity index is 1.80. The van der Waals surface area contributed by atoms with E-state index in [2.05, 4.69) is 17.2 Å². The van der Waals surface area contributed by atoms with Crippen LogP contribution >= 0.6 is 0 Å². The number of nitrogen functional groups attached to an aromatic ring is 1. The summed E-state index contributed by atoms with van der Waals surface area (Å²) >= 11 is 0. The first kappa shape index (κ1) is 15.2. The second-order valence-electron chi connectivity index (χ2n) is 5.03. The van der Waals surface area contributed by atoms with Gasteiger partial charge < -0.3 is 15.8 Å². The number of aromatic nitrogens is 1. The standard InChI is InChI=1S/C17H23N3O/c1-2-3-4-5-12-21-16-9-6-14(7-10-16)20-15-8-11-17(18)19-13-15/h6-11,13,20H,2-5,12H2,1H3,(H2,18,19). The molecule has 1 aromatic heterocycles. The normalized spacial score (nSPS) is 10.3. The van der Waals surface area contributed by atoms with Gasteiger partial charge in [0, 0.05) is 5.69 Å². The molecule has 112 valence electrons. The summed E-state index contributed by atoms with van der Waals surface area (Å²) in [6.45, 7) is 3.00. The Hall–Kier alpha value is -2.23. The van der Waals surface area contributed by atoms with Gasteiger partial charge in [-0.3, -0.25) is 0 Å². The van der Waals surface area contributed by atoms with Crippen molar-refractivity contribution in [2.75, 3.05) is 17.7 Å². The summed E-state index contributed by atoms with van der Waals surface area (Å²) in [5, 5.41) is 3.27. The topological polar surface area (TPSA) is 60.2 Å². The van der Waals surface area contributed by atoms with Crippen LogP contribution in [-0.2, 0) is 0 Å². The minimum atomic E-state index is 0.521. The molecule has 1 aromatic carbocycles. The van der Waals surface area contributed by atoms with Crippen LogP contribution in [0.2, 0.25) is 0 Å². The van der Waals surface area contributed by atoms with Gasteiger partial charge in [0.2, 0.25) is 0 Å². The maximum absolute atomic E-state index is 5.72. The molecule has 0 aliphatic rings. The van der Waals surface area contributed by atoms with Crippen molar-refractivity contribution < 1.29 is 4.74 Å². The molecule has 2 rings (SSSR count). The zero-order valence-electron chi connectivity index (χ0n) is 12.5. The van der Waals surface area contributed by atoms with E-state index in [1.807, 2.05) is 30.3 Å². The number of unbranched alkanes of at least 4 members (excludes halogenated alkanes) is 3. The van der Waals surface area contributed by atoms with Crippen molar-refractivity contribution in [2.45, 2.75) is 32.6 Å². The van der Waals surface area contributed by atoms with Crippen LogP contribution in [0.15, 0.2) is 42.6 Å². The first-order valence-corrected chi connectivity index (χ1v) is 7.49. The van der Waals surface area contributed by atoms with Crippen LogP contribution in [0.25, 0.3) is 0 Å². The summed E-state index contributed by atoms with van der Waals surface area (Å²) in [7, 11) is 0. The summed E-state index contributed by atoms with van der Waals surface area (Å²) < 4.78 is 5.72. The number of ether oxygens (including phenoxy) is 1. The second-order valence-corrected chi connectivity index (χ2v) is 5.03. The highest BCUT2D eigenvalue weighted by Crippen LogP contribution is 2.20. The number of benzene rings is 1. The van der Waals surface area contributed by atoms with E-state index in [1.165, 1.54) is 19.3 Å². The van der Waals surface area contributed by atoms with E-state index < -0.39 is 0 Å². The SMILES string of the molecule is CCCCCCOc1ccc(Nc2ccc(N)nc2)cc1. The van der Waals surface area contributed by atoms with Crippen LogP contribution in [0.4, 0.5) is 17.2 Å². The van der Waals surface area contributed by atoms with Gasteiger partial charge in [0.15, 0.2) is 0 Å². The molecule has 4 heteroatoms. The van der Waals surface area contributed by atoms with Crippen molar-refractivity contribution in [3.63, 3.8) is 0 Å². The lowest BCUT2D eigenvalue weighted by Crippen LogP contribution is -1.97. The molecule has 0 saturated heterocycles. The summed E-state index contributed by atoms with van der Waals surface area (Å²) in [6.07, 6.45) is 6.60. The molecular formula is C17H23N3O. The maximum atomic E-state index is 5.72. The molecule has 0 atom stereocenters. The third kappa shape index (κ3) is 5.34. The van der Waals surface area contributed by atoms with Crippen molar-refractivity contribution in [2.24, 2.45) is 0 Å². The van der Waals surface area contributed by atoms with Crippen molar-refractivity contribution in [1.29, 1.82) is 0 Å². The molecule has 0 bridgehead atoms. The van der Waals surface area contributed by atoms with Gasteiger partial charge in [0.1, 0.15) is 11.6 Å². The van der Waals surface area contributed by atoms with Crippen molar-refractivity contribution >= 4 is 17.2 Å². The summed E-state index contributed by atoms with van der Waals surface area (Å²) in [5.74, 6) is 1.43. The predicted molar refractivity (Wildman–Crippen MR) is 88.0 cm³/mol. The summed E-state index contributed by atoms with van der Waals surface area (Å²) in [6, 6.07) is 11.6. The molecule has 0 aliphatic carbocycles. The number of nitrogens with zero attached hydrogens (tertiary/aromatic N) is 1. The van der Waals surface area contributed by atoms with Crippen molar-refractivity contribution in [1.82, 2.24) is 4.98 Å². The number of pyridine rings is 1. The van der Waals surface area contributed by atoms with E-state index in [-0.39, 0.29) is 0 Å². The first-order valence-electron chi connectivity index (χ1n) is 7.49. The van der Waals surface area contributed by atoms with Crippen molar-refractivity contribution in [3.05, 3.63) is 42.6 Å². The molecule has 2 aromatic rings. The number of nitrogens with two attached hydrogens (primary N) is 1. The molecule has 0 spiro atoms. The molecule has 0 fully saturated rings. The van der Waals surface area contributed by atoms with Gasteiger partial charge in [0.05, 0.1) is 18.5 Å². The van der Waals surface area contributed by atoms with Crippen LogP contribution in [0.1, 0.15) is 32.6 Å². The smallest absolute Gasteiger partial charge is 0.123 e. The maximum Gasteiger partial charge on any atom is 0.123 e. The fraction of sp³-hybridized carbons (Fsp3) is 0.353. The van der Waals surface area contributed by atoms with E-state index in [0.717, 1.165) is 30.2 Å². The number of hydrogen-bond donors (Lipinski definition) is 2. The zero-order valence-corrected chi connectivity index (χ0v) is 12.5. The minimum Gasteiger partial charge on any atom is -0.494 e. The molecule has 0 unspecified atom stereocenters. The van der Waals surface area contributed by atoms with E-state index in [4.69, 9.17) is 10.5 Å². The molecule has 0 radical (unpaired) electrons. The zero-order chi connectivity index (χ0) is 14.9. The van der Waals surface area contributed by atoms with Crippen molar-refractivity contribution in [3.8, 4) is 5.75 Å². The Bertz CT molecular complexity index is 523. The average molecular weight is 285 g/mol. The Morgan fingerprint density at radius 1 is 1.00 bits per heavy atom. The third-order valence-corrected chi connectivity index (χ3v) is 3.20. The predicted octanol–water partition coefficient (Wildman–Crippen LogP) is 4.37. The van der Waals surface area contributed by atoms with Crippen LogP contribution in [-0.4, -0.2) is 11.6 Å². The Labute approximate surface area is 126 Å². The molecule has 0 amide bonds. The lowest BCUT2D eigenvalue weighted by atomic mass is 10.2. The molecular weight excluding hydrogens is 262 g/mol. The Kier molecular flexibility index (Phi) is 5.88. The molecule has 3 N–H and O–H groups in total. The number of nitrogens with one attached hydrogen (secondary N) is 1. The van der Waals surface area contributed by atoms with Gasteiger partial charge in [0.25, 0.3) is 0 Å².